The zero-order chi connectivity index (χ0) is 21.8. The molecule has 0 spiro atoms. The molecule has 0 radical (unpaired) electrons. The molecule has 2 aromatic carbocycles. The maximum absolute atomic E-state index is 13.6. The molecule has 0 unspecified atom stereocenters. The van der Waals surface area contributed by atoms with Gasteiger partial charge in [0.1, 0.15) is 0 Å². The molecule has 1 fully saturated rings. The van der Waals surface area contributed by atoms with E-state index in [9.17, 15) is 9.59 Å². The van der Waals surface area contributed by atoms with E-state index in [2.05, 4.69) is 0 Å². The minimum atomic E-state index is -0.206. The van der Waals surface area contributed by atoms with E-state index >= 15 is 0 Å². The molecule has 0 atom stereocenters. The molecule has 0 saturated heterocycles. The standard InChI is InChI=1S/C25H27NO4S/c1-29-20-15-14-17(16-21(20)30-2)22-23(31-19-12-8-5-9-13-19)25(28)26(24(22)27)18-10-6-3-4-7-11-18/h5,8-9,12-16,18H,3-4,6-7,10-11H2,1-2H3. The predicted molar refractivity (Wildman–Crippen MR) is 122 cm³/mol. The van der Waals surface area contributed by atoms with Gasteiger partial charge in [-0.05, 0) is 42.7 Å². The minimum absolute atomic E-state index is 0.0356. The summed E-state index contributed by atoms with van der Waals surface area (Å²) >= 11 is 1.36. The first kappa shape index (κ1) is 21.5. The van der Waals surface area contributed by atoms with Crippen LogP contribution < -0.4 is 9.47 Å². The fraction of sp³-hybridized carbons (Fsp3) is 0.360. The Bertz CT molecular complexity index is 994. The summed E-state index contributed by atoms with van der Waals surface area (Å²) in [5.41, 5.74) is 1.12. The van der Waals surface area contributed by atoms with Gasteiger partial charge in [0.15, 0.2) is 11.5 Å². The average Bonchev–Trinajstić information content (AvgIpc) is 2.97. The molecule has 1 heterocycles. The van der Waals surface area contributed by atoms with Crippen LogP contribution in [0.4, 0.5) is 0 Å². The Morgan fingerprint density at radius 1 is 0.839 bits per heavy atom. The number of carbonyl (C=O) groups excluding carboxylic acids is 2. The van der Waals surface area contributed by atoms with Gasteiger partial charge in [-0.1, -0.05) is 61.7 Å². The van der Waals surface area contributed by atoms with E-state index < -0.39 is 0 Å². The SMILES string of the molecule is COc1ccc(C2=C(Sc3ccccc3)C(=O)N(C3CCCCCC3)C2=O)cc1OC. The zero-order valence-electron chi connectivity index (χ0n) is 17.9. The third kappa shape index (κ3) is 4.35. The number of benzene rings is 2. The summed E-state index contributed by atoms with van der Waals surface area (Å²) in [4.78, 5) is 30.1. The fourth-order valence-electron chi connectivity index (χ4n) is 4.32. The summed E-state index contributed by atoms with van der Waals surface area (Å²) < 4.78 is 10.8. The molecular formula is C25H27NO4S. The second-order valence-corrected chi connectivity index (χ2v) is 8.90. The van der Waals surface area contributed by atoms with E-state index in [0.717, 1.165) is 43.4 Å². The third-order valence-electron chi connectivity index (χ3n) is 5.90. The molecule has 5 nitrogen and oxygen atoms in total. The number of ether oxygens (including phenoxy) is 2. The number of methoxy groups -OCH3 is 2. The molecule has 4 rings (SSSR count). The van der Waals surface area contributed by atoms with Crippen LogP contribution in [0.5, 0.6) is 11.5 Å². The van der Waals surface area contributed by atoms with Crippen LogP contribution in [-0.4, -0.2) is 37.0 Å². The molecule has 31 heavy (non-hydrogen) atoms. The van der Waals surface area contributed by atoms with Crippen LogP contribution in [0.15, 0.2) is 58.3 Å². The summed E-state index contributed by atoms with van der Waals surface area (Å²) in [6.07, 6.45) is 6.17. The smallest absolute Gasteiger partial charge is 0.268 e. The number of hydrogen-bond donors (Lipinski definition) is 0. The molecule has 6 heteroatoms. The third-order valence-corrected chi connectivity index (χ3v) is 6.99. The van der Waals surface area contributed by atoms with Gasteiger partial charge in [0.25, 0.3) is 11.8 Å². The lowest BCUT2D eigenvalue weighted by atomic mass is 10.0. The van der Waals surface area contributed by atoms with E-state index in [0.29, 0.717) is 27.5 Å². The van der Waals surface area contributed by atoms with Gasteiger partial charge in [0.05, 0.1) is 24.7 Å². The van der Waals surface area contributed by atoms with Crippen molar-refractivity contribution in [3.8, 4) is 11.5 Å². The molecule has 1 saturated carbocycles. The topological polar surface area (TPSA) is 55.8 Å². The summed E-state index contributed by atoms with van der Waals surface area (Å²) in [6.45, 7) is 0. The number of hydrogen-bond acceptors (Lipinski definition) is 5. The van der Waals surface area contributed by atoms with Crippen molar-refractivity contribution in [3.63, 3.8) is 0 Å². The van der Waals surface area contributed by atoms with Gasteiger partial charge in [0, 0.05) is 10.9 Å². The summed E-state index contributed by atoms with van der Waals surface area (Å²) in [6, 6.07) is 15.1. The molecule has 2 amide bonds. The van der Waals surface area contributed by atoms with Crippen LogP contribution >= 0.6 is 11.8 Å². The predicted octanol–water partition coefficient (Wildman–Crippen LogP) is 5.30. The average molecular weight is 438 g/mol. The first-order valence-corrected chi connectivity index (χ1v) is 11.5. The Kier molecular flexibility index (Phi) is 6.66. The Balaban J connectivity index is 1.78. The van der Waals surface area contributed by atoms with Gasteiger partial charge in [-0.3, -0.25) is 14.5 Å². The maximum atomic E-state index is 13.6. The lowest BCUT2D eigenvalue weighted by Crippen LogP contribution is -2.40. The van der Waals surface area contributed by atoms with Crippen LogP contribution in [0, 0.1) is 0 Å². The second kappa shape index (κ2) is 9.60. The van der Waals surface area contributed by atoms with Crippen LogP contribution in [0.25, 0.3) is 5.57 Å². The largest absolute Gasteiger partial charge is 0.493 e. The van der Waals surface area contributed by atoms with Crippen molar-refractivity contribution < 1.29 is 19.1 Å². The highest BCUT2D eigenvalue weighted by atomic mass is 32.2. The molecular weight excluding hydrogens is 410 g/mol. The van der Waals surface area contributed by atoms with Crippen LogP contribution in [-0.2, 0) is 9.59 Å². The monoisotopic (exact) mass is 437 g/mol. The van der Waals surface area contributed by atoms with E-state index in [1.807, 2.05) is 36.4 Å². The van der Waals surface area contributed by atoms with Crippen molar-refractivity contribution in [1.29, 1.82) is 0 Å². The van der Waals surface area contributed by atoms with Crippen molar-refractivity contribution in [2.45, 2.75) is 49.5 Å². The van der Waals surface area contributed by atoms with E-state index in [1.54, 1.807) is 26.4 Å². The van der Waals surface area contributed by atoms with E-state index in [4.69, 9.17) is 9.47 Å². The Morgan fingerprint density at radius 3 is 2.16 bits per heavy atom. The van der Waals surface area contributed by atoms with Crippen molar-refractivity contribution >= 4 is 29.1 Å². The fourth-order valence-corrected chi connectivity index (χ4v) is 5.34. The second-order valence-electron chi connectivity index (χ2n) is 7.81. The lowest BCUT2D eigenvalue weighted by molar-refractivity contribution is -0.139. The summed E-state index contributed by atoms with van der Waals surface area (Å²) in [5, 5.41) is 0. The molecule has 1 aliphatic carbocycles. The molecule has 0 N–H and O–H groups in total. The molecule has 0 aromatic heterocycles. The van der Waals surface area contributed by atoms with Crippen molar-refractivity contribution in [1.82, 2.24) is 4.90 Å². The summed E-state index contributed by atoms with van der Waals surface area (Å²) in [5.74, 6) is 0.726. The Labute approximate surface area is 187 Å². The number of thioether (sulfide) groups is 1. The number of nitrogens with zero attached hydrogens (tertiary/aromatic N) is 1. The van der Waals surface area contributed by atoms with Gasteiger partial charge in [-0.2, -0.15) is 0 Å². The first-order chi connectivity index (χ1) is 15.1. The van der Waals surface area contributed by atoms with Gasteiger partial charge < -0.3 is 9.47 Å². The zero-order valence-corrected chi connectivity index (χ0v) is 18.7. The van der Waals surface area contributed by atoms with Crippen LogP contribution in [0.2, 0.25) is 0 Å². The number of carbonyl (C=O) groups is 2. The Hall–Kier alpha value is -2.73. The highest BCUT2D eigenvalue weighted by molar-refractivity contribution is 8.04. The van der Waals surface area contributed by atoms with Gasteiger partial charge >= 0.3 is 0 Å². The van der Waals surface area contributed by atoms with Crippen molar-refractivity contribution in [2.75, 3.05) is 14.2 Å². The highest BCUT2D eigenvalue weighted by Crippen LogP contribution is 2.43. The molecule has 162 valence electrons. The van der Waals surface area contributed by atoms with Crippen molar-refractivity contribution in [2.24, 2.45) is 0 Å². The summed E-state index contributed by atoms with van der Waals surface area (Å²) in [7, 11) is 3.14. The number of rotatable bonds is 6. The number of imide groups is 1. The highest BCUT2D eigenvalue weighted by Gasteiger charge is 2.43. The van der Waals surface area contributed by atoms with Gasteiger partial charge in [-0.25, -0.2) is 0 Å². The van der Waals surface area contributed by atoms with Crippen molar-refractivity contribution in [3.05, 3.63) is 59.0 Å². The minimum Gasteiger partial charge on any atom is -0.493 e. The van der Waals surface area contributed by atoms with E-state index in [-0.39, 0.29) is 17.9 Å². The molecule has 1 aliphatic heterocycles. The first-order valence-electron chi connectivity index (χ1n) is 10.7. The quantitative estimate of drug-likeness (QED) is 0.453. The lowest BCUT2D eigenvalue weighted by Gasteiger charge is -2.25. The maximum Gasteiger partial charge on any atom is 0.268 e. The molecule has 2 aromatic rings. The normalized spacial score (nSPS) is 17.8. The van der Waals surface area contributed by atoms with Crippen LogP contribution in [0.3, 0.4) is 0 Å². The van der Waals surface area contributed by atoms with E-state index in [1.165, 1.54) is 16.7 Å². The van der Waals surface area contributed by atoms with Crippen LogP contribution in [0.1, 0.15) is 44.1 Å². The Morgan fingerprint density at radius 2 is 1.52 bits per heavy atom. The van der Waals surface area contributed by atoms with Gasteiger partial charge in [-0.15, -0.1) is 0 Å². The molecule has 2 aliphatic rings. The molecule has 0 bridgehead atoms. The number of amides is 2. The van der Waals surface area contributed by atoms with Gasteiger partial charge in [0.2, 0.25) is 0 Å².